The molecule has 0 saturated heterocycles. The van der Waals surface area contributed by atoms with Crippen molar-refractivity contribution >= 4 is 12.0 Å². The number of aromatic nitrogens is 1. The fourth-order valence-electron chi connectivity index (χ4n) is 3.49. The van der Waals surface area contributed by atoms with Gasteiger partial charge in [0, 0.05) is 24.0 Å². The fourth-order valence-corrected chi connectivity index (χ4v) is 3.49. The van der Waals surface area contributed by atoms with Gasteiger partial charge in [-0.1, -0.05) is 13.8 Å². The molecule has 1 aliphatic rings. The summed E-state index contributed by atoms with van der Waals surface area (Å²) in [5.74, 6) is 0.311. The minimum Gasteiger partial charge on any atom is -0.393 e. The molecule has 2 rings (SSSR count). The van der Waals surface area contributed by atoms with Crippen LogP contribution in [0.25, 0.3) is 6.08 Å². The first kappa shape index (κ1) is 20.3. The van der Waals surface area contributed by atoms with Gasteiger partial charge in [0.2, 0.25) is 0 Å². The molecule has 0 bridgehead atoms. The molecule has 0 atom stereocenters. The molecule has 0 aliphatic heterocycles. The van der Waals surface area contributed by atoms with E-state index in [4.69, 9.17) is 0 Å². The Morgan fingerprint density at radius 3 is 2.62 bits per heavy atom. The van der Waals surface area contributed by atoms with Crippen molar-refractivity contribution in [3.63, 3.8) is 0 Å². The number of rotatable bonds is 6. The number of nitrogens with zero attached hydrogens (tertiary/aromatic N) is 2. The number of aliphatic hydroxyl groups excluding tert-OH is 1. The average molecular weight is 357 g/mol. The van der Waals surface area contributed by atoms with E-state index in [-0.39, 0.29) is 23.6 Å². The van der Waals surface area contributed by atoms with Crippen LogP contribution in [0.4, 0.5) is 0 Å². The molecule has 26 heavy (non-hydrogen) atoms. The summed E-state index contributed by atoms with van der Waals surface area (Å²) in [5.41, 5.74) is 3.30. The maximum absolute atomic E-state index is 12.5. The second kappa shape index (κ2) is 9.05. The van der Waals surface area contributed by atoms with E-state index in [2.05, 4.69) is 30.7 Å². The Morgan fingerprint density at radius 1 is 1.38 bits per heavy atom. The van der Waals surface area contributed by atoms with Crippen LogP contribution in [0, 0.1) is 31.1 Å². The number of carbonyl (C=O) groups is 1. The molecule has 1 fully saturated rings. The lowest BCUT2D eigenvalue weighted by molar-refractivity contribution is -0.118. The van der Waals surface area contributed by atoms with Crippen LogP contribution in [0.3, 0.4) is 0 Å². The molecule has 0 radical (unpaired) electrons. The van der Waals surface area contributed by atoms with Gasteiger partial charge in [0.15, 0.2) is 0 Å². The van der Waals surface area contributed by atoms with E-state index in [1.807, 2.05) is 19.1 Å². The van der Waals surface area contributed by atoms with Crippen molar-refractivity contribution in [2.75, 3.05) is 0 Å². The molecule has 1 aliphatic carbocycles. The zero-order valence-corrected chi connectivity index (χ0v) is 16.4. The molecular weight excluding hydrogens is 326 g/mol. The molecule has 5 heteroatoms. The molecule has 1 heterocycles. The lowest BCUT2D eigenvalue weighted by Crippen LogP contribution is -2.39. The van der Waals surface area contributed by atoms with E-state index in [0.717, 1.165) is 42.8 Å². The molecule has 0 unspecified atom stereocenters. The summed E-state index contributed by atoms with van der Waals surface area (Å²) in [6.45, 7) is 9.45. The number of amides is 1. The second-order valence-corrected chi connectivity index (χ2v) is 7.81. The normalized spacial score (nSPS) is 20.9. The summed E-state index contributed by atoms with van der Waals surface area (Å²) in [7, 11) is 0. The predicted molar refractivity (Wildman–Crippen MR) is 103 cm³/mol. The van der Waals surface area contributed by atoms with Crippen molar-refractivity contribution in [2.24, 2.45) is 5.92 Å². The molecule has 5 nitrogen and oxygen atoms in total. The fraction of sp³-hybridized carbons (Fsp3) is 0.619. The van der Waals surface area contributed by atoms with Gasteiger partial charge in [0.05, 0.1) is 6.10 Å². The summed E-state index contributed by atoms with van der Waals surface area (Å²) in [4.78, 5) is 12.5. The smallest absolute Gasteiger partial charge is 0.262 e. The monoisotopic (exact) mass is 357 g/mol. The third-order valence-electron chi connectivity index (χ3n) is 5.24. The zero-order valence-electron chi connectivity index (χ0n) is 16.4. The average Bonchev–Trinajstić information content (AvgIpc) is 2.86. The molecule has 142 valence electrons. The first-order chi connectivity index (χ1) is 12.3. The Morgan fingerprint density at radius 2 is 2.04 bits per heavy atom. The minimum atomic E-state index is -0.319. The van der Waals surface area contributed by atoms with Crippen molar-refractivity contribution in [2.45, 2.75) is 78.5 Å². The molecule has 0 spiro atoms. The highest BCUT2D eigenvalue weighted by atomic mass is 16.3. The SMILES string of the molecule is Cc1cc(C=C(C#N)C(=O)NC2CCC(O)CC2)c(C)n1CCC(C)C. The number of nitriles is 1. The lowest BCUT2D eigenvalue weighted by atomic mass is 9.93. The summed E-state index contributed by atoms with van der Waals surface area (Å²) >= 11 is 0. The summed E-state index contributed by atoms with van der Waals surface area (Å²) in [6.07, 6.45) is 5.45. The Bertz CT molecular complexity index is 702. The van der Waals surface area contributed by atoms with E-state index in [1.54, 1.807) is 6.08 Å². The Balaban J connectivity index is 2.11. The van der Waals surface area contributed by atoms with Crippen LogP contribution in [0.2, 0.25) is 0 Å². The van der Waals surface area contributed by atoms with Crippen LogP contribution in [-0.2, 0) is 11.3 Å². The minimum absolute atomic E-state index is 0.0427. The number of hydrogen-bond donors (Lipinski definition) is 2. The number of nitrogens with one attached hydrogen (secondary N) is 1. The third kappa shape index (κ3) is 5.22. The van der Waals surface area contributed by atoms with Gasteiger partial charge in [-0.15, -0.1) is 0 Å². The summed E-state index contributed by atoms with van der Waals surface area (Å²) < 4.78 is 2.25. The molecule has 0 aromatic carbocycles. The Labute approximate surface area is 156 Å². The molecule has 1 saturated carbocycles. The van der Waals surface area contributed by atoms with Gasteiger partial charge < -0.3 is 15.0 Å². The number of aliphatic hydroxyl groups is 1. The van der Waals surface area contributed by atoms with Crippen molar-refractivity contribution in [3.05, 3.63) is 28.6 Å². The quantitative estimate of drug-likeness (QED) is 0.604. The van der Waals surface area contributed by atoms with Crippen molar-refractivity contribution in [1.29, 1.82) is 5.26 Å². The van der Waals surface area contributed by atoms with Gasteiger partial charge in [-0.2, -0.15) is 5.26 Å². The maximum Gasteiger partial charge on any atom is 0.262 e. The van der Waals surface area contributed by atoms with Gasteiger partial charge in [-0.05, 0) is 69.6 Å². The van der Waals surface area contributed by atoms with E-state index in [0.29, 0.717) is 18.8 Å². The van der Waals surface area contributed by atoms with Gasteiger partial charge in [0.25, 0.3) is 5.91 Å². The predicted octanol–water partition coefficient (Wildman–Crippen LogP) is 3.48. The van der Waals surface area contributed by atoms with Crippen LogP contribution in [-0.4, -0.2) is 27.7 Å². The lowest BCUT2D eigenvalue weighted by Gasteiger charge is -2.26. The van der Waals surface area contributed by atoms with Crippen molar-refractivity contribution in [3.8, 4) is 6.07 Å². The van der Waals surface area contributed by atoms with Crippen molar-refractivity contribution in [1.82, 2.24) is 9.88 Å². The van der Waals surface area contributed by atoms with Gasteiger partial charge >= 0.3 is 0 Å². The summed E-state index contributed by atoms with van der Waals surface area (Å²) in [5, 5.41) is 22.0. The van der Waals surface area contributed by atoms with Crippen LogP contribution < -0.4 is 5.32 Å². The third-order valence-corrected chi connectivity index (χ3v) is 5.24. The molecule has 1 aromatic rings. The first-order valence-electron chi connectivity index (χ1n) is 9.59. The highest BCUT2D eigenvalue weighted by Crippen LogP contribution is 2.21. The van der Waals surface area contributed by atoms with E-state index < -0.39 is 0 Å². The van der Waals surface area contributed by atoms with E-state index in [1.165, 1.54) is 0 Å². The van der Waals surface area contributed by atoms with Gasteiger partial charge in [0.1, 0.15) is 11.6 Å². The van der Waals surface area contributed by atoms with Gasteiger partial charge in [-0.25, -0.2) is 0 Å². The Kier molecular flexibility index (Phi) is 7.05. The second-order valence-electron chi connectivity index (χ2n) is 7.81. The topological polar surface area (TPSA) is 78.1 Å². The maximum atomic E-state index is 12.5. The highest BCUT2D eigenvalue weighted by Gasteiger charge is 2.22. The van der Waals surface area contributed by atoms with Crippen LogP contribution in [0.15, 0.2) is 11.6 Å². The number of carbonyl (C=O) groups excluding carboxylic acids is 1. The summed E-state index contributed by atoms with van der Waals surface area (Å²) in [6, 6.07) is 4.13. The van der Waals surface area contributed by atoms with E-state index >= 15 is 0 Å². The van der Waals surface area contributed by atoms with Crippen LogP contribution in [0.5, 0.6) is 0 Å². The van der Waals surface area contributed by atoms with Crippen LogP contribution >= 0.6 is 0 Å². The molecule has 2 N–H and O–H groups in total. The zero-order chi connectivity index (χ0) is 19.3. The molecule has 1 amide bonds. The standard InChI is InChI=1S/C21H31N3O2/c1-14(2)9-10-24-15(3)11-17(16(24)4)12-18(13-22)21(26)23-19-5-7-20(25)8-6-19/h11-12,14,19-20,25H,5-10H2,1-4H3,(H,23,26). The van der Waals surface area contributed by atoms with Crippen LogP contribution in [0.1, 0.15) is 62.9 Å². The Hall–Kier alpha value is -2.06. The first-order valence-corrected chi connectivity index (χ1v) is 9.59. The van der Waals surface area contributed by atoms with Crippen molar-refractivity contribution < 1.29 is 9.90 Å². The largest absolute Gasteiger partial charge is 0.393 e. The van der Waals surface area contributed by atoms with Gasteiger partial charge in [-0.3, -0.25) is 4.79 Å². The van der Waals surface area contributed by atoms with E-state index in [9.17, 15) is 15.2 Å². The number of hydrogen-bond acceptors (Lipinski definition) is 3. The highest BCUT2D eigenvalue weighted by molar-refractivity contribution is 6.02. The molecule has 1 aromatic heterocycles. The number of aryl methyl sites for hydroxylation is 1. The molecular formula is C21H31N3O2.